The van der Waals surface area contributed by atoms with E-state index in [0.717, 1.165) is 51.4 Å². The van der Waals surface area contributed by atoms with Crippen molar-refractivity contribution in [3.63, 3.8) is 0 Å². The fourth-order valence-corrected chi connectivity index (χ4v) is 2.54. The largest absolute Gasteiger partial charge is 0.438 e. The molecule has 0 bridgehead atoms. The summed E-state index contributed by atoms with van der Waals surface area (Å²) >= 11 is 0. The lowest BCUT2D eigenvalue weighted by atomic mass is 9.79. The summed E-state index contributed by atoms with van der Waals surface area (Å²) in [5, 5.41) is 0. The zero-order chi connectivity index (χ0) is 16.8. The second-order valence-corrected chi connectivity index (χ2v) is 6.19. The second kappa shape index (κ2) is 12.5. The first-order valence-corrected chi connectivity index (χ1v) is 8.56. The van der Waals surface area contributed by atoms with E-state index in [1.165, 1.54) is 12.8 Å². The van der Waals surface area contributed by atoms with Crippen LogP contribution >= 0.6 is 0 Å². The van der Waals surface area contributed by atoms with Gasteiger partial charge in [-0.2, -0.15) is 0 Å². The number of carbonyl (C=O) groups is 2. The third-order valence-electron chi connectivity index (χ3n) is 4.07. The van der Waals surface area contributed by atoms with Crippen molar-refractivity contribution in [1.82, 2.24) is 0 Å². The maximum Gasteiger partial charge on any atom is 0.314 e. The fraction of sp³-hybridized carbons (Fsp3) is 0.882. The number of unbranched alkanes of at least 4 members (excludes halogenated alkanes) is 6. The summed E-state index contributed by atoms with van der Waals surface area (Å²) in [6.07, 6.45) is 9.16. The lowest BCUT2D eigenvalue weighted by molar-refractivity contribution is -0.176. The molecule has 1 unspecified atom stereocenters. The van der Waals surface area contributed by atoms with E-state index in [2.05, 4.69) is 18.6 Å². The SMILES string of the molecule is [B]C(OC=O)OC(=O)C(C)(CCCCCC)CCCCCC. The first kappa shape index (κ1) is 21.0. The summed E-state index contributed by atoms with van der Waals surface area (Å²) in [5.74, 6) is -0.366. The third kappa shape index (κ3) is 9.11. The van der Waals surface area contributed by atoms with Crippen molar-refractivity contribution in [3.05, 3.63) is 0 Å². The summed E-state index contributed by atoms with van der Waals surface area (Å²) in [4.78, 5) is 22.6. The van der Waals surface area contributed by atoms with E-state index in [1.54, 1.807) is 0 Å². The molecule has 0 heterocycles. The van der Waals surface area contributed by atoms with Crippen molar-refractivity contribution in [2.45, 2.75) is 91.2 Å². The monoisotopic (exact) mass is 310 g/mol. The molecule has 1 atom stereocenters. The van der Waals surface area contributed by atoms with Gasteiger partial charge in [-0.25, -0.2) is 0 Å². The van der Waals surface area contributed by atoms with E-state index >= 15 is 0 Å². The number of ether oxygens (including phenoxy) is 2. The van der Waals surface area contributed by atoms with Crippen LogP contribution in [0.15, 0.2) is 0 Å². The van der Waals surface area contributed by atoms with E-state index in [4.69, 9.17) is 12.6 Å². The third-order valence-corrected chi connectivity index (χ3v) is 4.07. The zero-order valence-electron chi connectivity index (χ0n) is 14.4. The topological polar surface area (TPSA) is 52.6 Å². The number of carbonyl (C=O) groups excluding carboxylic acids is 2. The summed E-state index contributed by atoms with van der Waals surface area (Å²) in [5.41, 5.74) is -0.550. The molecular formula is C17H31BO4. The number of esters is 1. The summed E-state index contributed by atoms with van der Waals surface area (Å²) in [6, 6.07) is 0. The average molecular weight is 310 g/mol. The molecule has 0 saturated heterocycles. The van der Waals surface area contributed by atoms with Crippen LogP contribution < -0.4 is 0 Å². The quantitative estimate of drug-likeness (QED) is 0.159. The Bertz CT molecular complexity index is 295. The fourth-order valence-electron chi connectivity index (χ4n) is 2.54. The minimum absolute atomic E-state index is 0.192. The summed E-state index contributed by atoms with van der Waals surface area (Å²) in [7, 11) is 5.44. The molecule has 0 spiro atoms. The van der Waals surface area contributed by atoms with Crippen molar-refractivity contribution >= 4 is 20.3 Å². The highest BCUT2D eigenvalue weighted by Gasteiger charge is 2.34. The van der Waals surface area contributed by atoms with Crippen LogP contribution in [0, 0.1) is 5.41 Å². The van der Waals surface area contributed by atoms with Gasteiger partial charge in [0.2, 0.25) is 0 Å². The Labute approximate surface area is 136 Å². The molecule has 0 aromatic carbocycles. The highest BCUT2D eigenvalue weighted by atomic mass is 16.7. The normalized spacial score (nSPS) is 12.7. The van der Waals surface area contributed by atoms with Gasteiger partial charge in [-0.1, -0.05) is 65.2 Å². The van der Waals surface area contributed by atoms with E-state index in [9.17, 15) is 9.59 Å². The zero-order valence-corrected chi connectivity index (χ0v) is 14.4. The molecule has 22 heavy (non-hydrogen) atoms. The van der Waals surface area contributed by atoms with Crippen LogP contribution in [0.5, 0.6) is 0 Å². The Morgan fingerprint density at radius 1 is 1.05 bits per heavy atom. The predicted molar refractivity (Wildman–Crippen MR) is 88.4 cm³/mol. The van der Waals surface area contributed by atoms with Crippen molar-refractivity contribution in [3.8, 4) is 0 Å². The first-order valence-electron chi connectivity index (χ1n) is 8.56. The van der Waals surface area contributed by atoms with Crippen LogP contribution in [-0.2, 0) is 19.1 Å². The molecule has 0 aliphatic heterocycles. The molecule has 5 heteroatoms. The van der Waals surface area contributed by atoms with E-state index in [0.29, 0.717) is 0 Å². The summed E-state index contributed by atoms with van der Waals surface area (Å²) < 4.78 is 9.50. The predicted octanol–water partition coefficient (Wildman–Crippen LogP) is 4.10. The Hall–Kier alpha value is -0.995. The number of rotatable bonds is 14. The van der Waals surface area contributed by atoms with Crippen LogP contribution in [0.2, 0.25) is 0 Å². The molecule has 2 radical (unpaired) electrons. The van der Waals surface area contributed by atoms with Gasteiger partial charge >= 0.3 is 5.97 Å². The van der Waals surface area contributed by atoms with Gasteiger partial charge in [-0.15, -0.1) is 0 Å². The molecule has 0 amide bonds. The van der Waals surface area contributed by atoms with Gasteiger partial charge in [0.05, 0.1) is 5.41 Å². The van der Waals surface area contributed by atoms with E-state index in [-0.39, 0.29) is 12.4 Å². The molecule has 0 saturated carbocycles. The average Bonchev–Trinajstić information content (AvgIpc) is 2.48. The van der Waals surface area contributed by atoms with Crippen LogP contribution in [0.25, 0.3) is 0 Å². The number of hydrogen-bond acceptors (Lipinski definition) is 4. The van der Waals surface area contributed by atoms with Crippen LogP contribution in [0.4, 0.5) is 0 Å². The maximum absolute atomic E-state index is 12.4. The van der Waals surface area contributed by atoms with Crippen molar-refractivity contribution < 1.29 is 19.1 Å². The molecular weight excluding hydrogens is 279 g/mol. The van der Waals surface area contributed by atoms with E-state index < -0.39 is 11.6 Å². The van der Waals surface area contributed by atoms with Gasteiger partial charge in [0.25, 0.3) is 6.47 Å². The molecule has 0 aliphatic carbocycles. The molecule has 0 N–H and O–H groups in total. The lowest BCUT2D eigenvalue weighted by Gasteiger charge is -2.29. The van der Waals surface area contributed by atoms with Crippen LogP contribution in [-0.4, -0.2) is 26.5 Å². The Kier molecular flexibility index (Phi) is 12.0. The molecule has 0 aliphatic rings. The van der Waals surface area contributed by atoms with Crippen molar-refractivity contribution in [2.24, 2.45) is 5.41 Å². The van der Waals surface area contributed by atoms with Crippen LogP contribution in [0.1, 0.15) is 85.0 Å². The highest BCUT2D eigenvalue weighted by molar-refractivity contribution is 6.11. The van der Waals surface area contributed by atoms with Gasteiger partial charge in [0, 0.05) is 0 Å². The van der Waals surface area contributed by atoms with Gasteiger partial charge in [0.15, 0.2) is 14.0 Å². The molecule has 0 fully saturated rings. The molecule has 4 nitrogen and oxygen atoms in total. The van der Waals surface area contributed by atoms with Gasteiger partial charge < -0.3 is 9.47 Å². The standard InChI is InChI=1S/C17H31BO4/c1-4-6-8-10-12-17(3,13-11-9-7-5-2)15(20)22-16(18)21-14-19/h14,16H,4-13H2,1-3H3. The Morgan fingerprint density at radius 3 is 1.95 bits per heavy atom. The Balaban J connectivity index is 4.51. The van der Waals surface area contributed by atoms with Gasteiger partial charge in [-0.05, 0) is 19.8 Å². The van der Waals surface area contributed by atoms with E-state index in [1.807, 2.05) is 6.92 Å². The molecule has 0 aromatic heterocycles. The molecule has 126 valence electrons. The van der Waals surface area contributed by atoms with Gasteiger partial charge in [0.1, 0.15) is 0 Å². The minimum atomic E-state index is -1.31. The Morgan fingerprint density at radius 2 is 1.55 bits per heavy atom. The minimum Gasteiger partial charge on any atom is -0.438 e. The van der Waals surface area contributed by atoms with Crippen LogP contribution in [0.3, 0.4) is 0 Å². The smallest absolute Gasteiger partial charge is 0.314 e. The summed E-state index contributed by atoms with van der Waals surface area (Å²) in [6.45, 7) is 6.45. The molecule has 0 aromatic rings. The van der Waals surface area contributed by atoms with Crippen molar-refractivity contribution in [2.75, 3.05) is 0 Å². The van der Waals surface area contributed by atoms with Gasteiger partial charge in [-0.3, -0.25) is 9.59 Å². The first-order chi connectivity index (χ1) is 10.5. The highest BCUT2D eigenvalue weighted by Crippen LogP contribution is 2.33. The maximum atomic E-state index is 12.4. The molecule has 0 rings (SSSR count). The number of hydrogen-bond donors (Lipinski definition) is 0. The second-order valence-electron chi connectivity index (χ2n) is 6.19. The lowest BCUT2D eigenvalue weighted by Crippen LogP contribution is -2.34. The van der Waals surface area contributed by atoms with Crippen molar-refractivity contribution in [1.29, 1.82) is 0 Å².